The molecule has 0 aliphatic rings. The van der Waals surface area contributed by atoms with Crippen LogP contribution in [0.4, 0.5) is 5.69 Å². The predicted octanol–water partition coefficient (Wildman–Crippen LogP) is 3.80. The Bertz CT molecular complexity index is 1080. The third-order valence-electron chi connectivity index (χ3n) is 4.29. The summed E-state index contributed by atoms with van der Waals surface area (Å²) in [5.74, 6) is 1.32. The van der Waals surface area contributed by atoms with Crippen LogP contribution < -0.4 is 10.1 Å². The Hall–Kier alpha value is -3.67. The molecule has 0 unspecified atom stereocenters. The summed E-state index contributed by atoms with van der Waals surface area (Å²) in [5, 5.41) is 3.91. The minimum absolute atomic E-state index is 0.191. The summed E-state index contributed by atoms with van der Waals surface area (Å²) in [5.41, 5.74) is 2.00. The molecule has 0 aliphatic carbocycles. The summed E-state index contributed by atoms with van der Waals surface area (Å²) < 4.78 is 7.62. The molecule has 1 amide bonds. The van der Waals surface area contributed by atoms with Crippen LogP contribution in [0.25, 0.3) is 10.9 Å². The van der Waals surface area contributed by atoms with Crippen LogP contribution in [0.15, 0.2) is 73.2 Å². The van der Waals surface area contributed by atoms with Gasteiger partial charge in [0, 0.05) is 36.6 Å². The maximum absolute atomic E-state index is 12.6. The number of rotatable bonds is 5. The Morgan fingerprint density at radius 2 is 1.85 bits per heavy atom. The van der Waals surface area contributed by atoms with Crippen LogP contribution in [0.2, 0.25) is 0 Å². The minimum atomic E-state index is -0.191. The lowest BCUT2D eigenvalue weighted by Gasteiger charge is -2.09. The highest BCUT2D eigenvalue weighted by molar-refractivity contribution is 6.08. The van der Waals surface area contributed by atoms with Gasteiger partial charge in [-0.15, -0.1) is 0 Å². The number of aromatic nitrogens is 3. The summed E-state index contributed by atoms with van der Waals surface area (Å²) in [6.45, 7) is 0.372. The largest absolute Gasteiger partial charge is 0.486 e. The number of aryl methyl sites for hydroxylation is 1. The number of carbonyl (C=O) groups excluding carboxylic acids is 1. The number of para-hydroxylation sites is 1. The van der Waals surface area contributed by atoms with E-state index in [0.717, 1.165) is 16.7 Å². The molecule has 0 bridgehead atoms. The number of nitrogens with zero attached hydrogens (tertiary/aromatic N) is 3. The van der Waals surface area contributed by atoms with E-state index in [1.807, 2.05) is 48.1 Å². The molecule has 0 aliphatic heterocycles. The molecule has 4 rings (SSSR count). The van der Waals surface area contributed by atoms with Crippen LogP contribution in [-0.4, -0.2) is 20.4 Å². The van der Waals surface area contributed by atoms with Gasteiger partial charge >= 0.3 is 0 Å². The van der Waals surface area contributed by atoms with Gasteiger partial charge < -0.3 is 14.6 Å². The number of hydrogen-bond donors (Lipinski definition) is 1. The first kappa shape index (κ1) is 16.8. The first-order chi connectivity index (χ1) is 13.2. The molecule has 4 aromatic rings. The van der Waals surface area contributed by atoms with Gasteiger partial charge in [-0.25, -0.2) is 4.98 Å². The fourth-order valence-electron chi connectivity index (χ4n) is 2.79. The molecule has 0 saturated carbocycles. The minimum Gasteiger partial charge on any atom is -0.486 e. The Morgan fingerprint density at radius 3 is 2.63 bits per heavy atom. The average molecular weight is 358 g/mol. The van der Waals surface area contributed by atoms with Crippen molar-refractivity contribution >= 4 is 22.5 Å². The molecule has 0 fully saturated rings. The summed E-state index contributed by atoms with van der Waals surface area (Å²) in [6, 6.07) is 16.6. The van der Waals surface area contributed by atoms with Crippen LogP contribution >= 0.6 is 0 Å². The van der Waals surface area contributed by atoms with Crippen molar-refractivity contribution in [2.75, 3.05) is 5.32 Å². The van der Waals surface area contributed by atoms with E-state index in [2.05, 4.69) is 15.3 Å². The van der Waals surface area contributed by atoms with Crippen molar-refractivity contribution in [2.24, 2.45) is 7.05 Å². The zero-order valence-electron chi connectivity index (χ0n) is 14.8. The molecule has 2 aromatic carbocycles. The number of carbonyl (C=O) groups is 1. The number of benzene rings is 2. The molecule has 0 atom stereocenters. The lowest BCUT2D eigenvalue weighted by molar-refractivity contribution is 0.102. The Balaban J connectivity index is 1.45. The van der Waals surface area contributed by atoms with Crippen LogP contribution in [0.5, 0.6) is 5.75 Å². The van der Waals surface area contributed by atoms with Crippen LogP contribution in [0.3, 0.4) is 0 Å². The van der Waals surface area contributed by atoms with E-state index in [1.54, 1.807) is 36.7 Å². The van der Waals surface area contributed by atoms with Crippen LogP contribution in [0, 0.1) is 0 Å². The first-order valence-electron chi connectivity index (χ1n) is 8.55. The van der Waals surface area contributed by atoms with E-state index in [-0.39, 0.29) is 5.91 Å². The van der Waals surface area contributed by atoms with Gasteiger partial charge in [0.15, 0.2) is 0 Å². The highest BCUT2D eigenvalue weighted by Gasteiger charge is 2.09. The van der Waals surface area contributed by atoms with E-state index in [9.17, 15) is 4.79 Å². The molecule has 0 radical (unpaired) electrons. The second-order valence-electron chi connectivity index (χ2n) is 6.10. The lowest BCUT2D eigenvalue weighted by atomic mass is 10.1. The third kappa shape index (κ3) is 3.64. The third-order valence-corrected chi connectivity index (χ3v) is 4.29. The number of pyridine rings is 1. The summed E-state index contributed by atoms with van der Waals surface area (Å²) in [6.07, 6.45) is 5.31. The maximum Gasteiger partial charge on any atom is 0.255 e. The fraction of sp³-hybridized carbons (Fsp3) is 0.0952. The Kier molecular flexibility index (Phi) is 4.53. The van der Waals surface area contributed by atoms with E-state index in [0.29, 0.717) is 23.6 Å². The molecule has 2 aromatic heterocycles. The van der Waals surface area contributed by atoms with E-state index < -0.39 is 0 Å². The lowest BCUT2D eigenvalue weighted by Crippen LogP contribution is -2.12. The predicted molar refractivity (Wildman–Crippen MR) is 104 cm³/mol. The number of amides is 1. The van der Waals surface area contributed by atoms with Crippen molar-refractivity contribution < 1.29 is 9.53 Å². The fourth-order valence-corrected chi connectivity index (χ4v) is 2.79. The topological polar surface area (TPSA) is 69.0 Å². The molecule has 6 nitrogen and oxygen atoms in total. The molecular formula is C21H18N4O2. The Morgan fingerprint density at radius 1 is 1.04 bits per heavy atom. The second-order valence-corrected chi connectivity index (χ2v) is 6.10. The van der Waals surface area contributed by atoms with Crippen LogP contribution in [-0.2, 0) is 13.7 Å². The number of nitrogens with one attached hydrogen (secondary N) is 1. The van der Waals surface area contributed by atoms with Gasteiger partial charge in [-0.1, -0.05) is 18.2 Å². The number of anilines is 1. The quantitative estimate of drug-likeness (QED) is 0.589. The summed E-state index contributed by atoms with van der Waals surface area (Å²) in [4.78, 5) is 21.1. The van der Waals surface area contributed by atoms with Crippen molar-refractivity contribution in [1.82, 2.24) is 14.5 Å². The summed E-state index contributed by atoms with van der Waals surface area (Å²) in [7, 11) is 1.92. The monoisotopic (exact) mass is 358 g/mol. The second kappa shape index (κ2) is 7.29. The summed E-state index contributed by atoms with van der Waals surface area (Å²) >= 11 is 0. The van der Waals surface area contributed by atoms with Gasteiger partial charge in [-0.2, -0.15) is 0 Å². The number of fused-ring (bicyclic) bond motifs is 1. The highest BCUT2D eigenvalue weighted by atomic mass is 16.5. The SMILES string of the molecule is Cn1ccnc1COc1ccc(C(=O)Nc2cccc3cccnc23)cc1. The molecule has 6 heteroatoms. The average Bonchev–Trinajstić information content (AvgIpc) is 3.12. The number of ether oxygens (including phenoxy) is 1. The molecule has 2 heterocycles. The van der Waals surface area contributed by atoms with Gasteiger partial charge in [0.05, 0.1) is 11.2 Å². The first-order valence-corrected chi connectivity index (χ1v) is 8.55. The van der Waals surface area contributed by atoms with Crippen molar-refractivity contribution in [1.29, 1.82) is 0 Å². The smallest absolute Gasteiger partial charge is 0.255 e. The van der Waals surface area contributed by atoms with Gasteiger partial charge in [-0.05, 0) is 36.4 Å². The molecular weight excluding hydrogens is 340 g/mol. The van der Waals surface area contributed by atoms with Gasteiger partial charge in [0.25, 0.3) is 5.91 Å². The van der Waals surface area contributed by atoms with Gasteiger partial charge in [0.1, 0.15) is 18.2 Å². The zero-order valence-corrected chi connectivity index (χ0v) is 14.8. The molecule has 0 spiro atoms. The number of hydrogen-bond acceptors (Lipinski definition) is 4. The van der Waals surface area contributed by atoms with Crippen LogP contribution in [0.1, 0.15) is 16.2 Å². The number of imidazole rings is 1. The highest BCUT2D eigenvalue weighted by Crippen LogP contribution is 2.22. The van der Waals surface area contributed by atoms with E-state index >= 15 is 0 Å². The van der Waals surface area contributed by atoms with E-state index in [4.69, 9.17) is 4.74 Å². The maximum atomic E-state index is 12.6. The van der Waals surface area contributed by atoms with Crippen molar-refractivity contribution in [2.45, 2.75) is 6.61 Å². The molecule has 27 heavy (non-hydrogen) atoms. The zero-order chi connectivity index (χ0) is 18.6. The van der Waals surface area contributed by atoms with Crippen molar-refractivity contribution in [3.63, 3.8) is 0 Å². The standard InChI is InChI=1S/C21H18N4O2/c1-25-13-12-22-19(25)14-27-17-9-7-16(8-10-17)21(26)24-18-6-2-4-15-5-3-11-23-20(15)18/h2-13H,14H2,1H3,(H,24,26). The van der Waals surface area contributed by atoms with Crippen molar-refractivity contribution in [3.8, 4) is 5.75 Å². The normalized spacial score (nSPS) is 10.7. The van der Waals surface area contributed by atoms with E-state index in [1.165, 1.54) is 0 Å². The van der Waals surface area contributed by atoms with Crippen molar-refractivity contribution in [3.05, 3.63) is 84.6 Å². The van der Waals surface area contributed by atoms with Gasteiger partial charge in [-0.3, -0.25) is 9.78 Å². The van der Waals surface area contributed by atoms with Gasteiger partial charge in [0.2, 0.25) is 0 Å². The molecule has 1 N–H and O–H groups in total. The molecule has 0 saturated heterocycles. The Labute approximate surface area is 156 Å². The molecule has 134 valence electrons.